The van der Waals surface area contributed by atoms with Gasteiger partial charge in [-0.15, -0.1) is 0 Å². The van der Waals surface area contributed by atoms with Gasteiger partial charge in [0, 0.05) is 24.2 Å². The molecule has 100 valence electrons. The highest BCUT2D eigenvalue weighted by Gasteiger charge is 2.20. The van der Waals surface area contributed by atoms with Crippen LogP contribution in [0.3, 0.4) is 0 Å². The molecule has 20 heavy (non-hydrogen) atoms. The number of rotatable bonds is 3. The topological polar surface area (TPSA) is 36.3 Å². The number of nitriles is 1. The van der Waals surface area contributed by atoms with Crippen LogP contribution >= 0.6 is 0 Å². The van der Waals surface area contributed by atoms with Crippen molar-refractivity contribution in [1.82, 2.24) is 0 Å². The van der Waals surface area contributed by atoms with Crippen LogP contribution in [0.5, 0.6) is 5.75 Å². The Morgan fingerprint density at radius 3 is 2.65 bits per heavy atom. The Morgan fingerprint density at radius 2 is 1.80 bits per heavy atom. The van der Waals surface area contributed by atoms with Crippen LogP contribution in [0.25, 0.3) is 0 Å². The number of nitrogens with zero attached hydrogens (tertiary/aromatic N) is 2. The molecule has 1 aliphatic rings. The van der Waals surface area contributed by atoms with Gasteiger partial charge in [0.1, 0.15) is 12.4 Å². The van der Waals surface area contributed by atoms with E-state index in [1.807, 2.05) is 30.3 Å². The molecule has 0 amide bonds. The number of ether oxygens (including phenoxy) is 1. The number of hydrogen-bond donors (Lipinski definition) is 0. The molecule has 0 fully saturated rings. The van der Waals surface area contributed by atoms with E-state index in [9.17, 15) is 0 Å². The van der Waals surface area contributed by atoms with E-state index in [0.717, 1.165) is 24.4 Å². The van der Waals surface area contributed by atoms with Crippen molar-refractivity contribution in [3.63, 3.8) is 0 Å². The number of anilines is 2. The van der Waals surface area contributed by atoms with E-state index in [4.69, 9.17) is 10.00 Å². The molecular formula is C17H16N2O. The van der Waals surface area contributed by atoms with E-state index < -0.39 is 0 Å². The van der Waals surface area contributed by atoms with Crippen LogP contribution in [-0.2, 0) is 6.61 Å². The zero-order chi connectivity index (χ0) is 13.8. The van der Waals surface area contributed by atoms with Gasteiger partial charge in [-0.1, -0.05) is 30.3 Å². The van der Waals surface area contributed by atoms with E-state index in [1.165, 1.54) is 11.3 Å². The summed E-state index contributed by atoms with van der Waals surface area (Å²) in [5.74, 6) is 0.903. The minimum atomic E-state index is 0.571. The van der Waals surface area contributed by atoms with Crippen molar-refractivity contribution in [2.45, 2.75) is 19.4 Å². The lowest BCUT2D eigenvalue weighted by Crippen LogP contribution is -2.18. The fraction of sp³-hybridized carbons (Fsp3) is 0.235. The van der Waals surface area contributed by atoms with E-state index in [1.54, 1.807) is 0 Å². The first-order valence-electron chi connectivity index (χ1n) is 6.84. The van der Waals surface area contributed by atoms with Gasteiger partial charge < -0.3 is 9.64 Å². The van der Waals surface area contributed by atoms with Crippen LogP contribution in [0.15, 0.2) is 48.5 Å². The lowest BCUT2D eigenvalue weighted by Gasteiger charge is -2.25. The summed E-state index contributed by atoms with van der Waals surface area (Å²) >= 11 is 0. The van der Waals surface area contributed by atoms with Crippen LogP contribution in [0.4, 0.5) is 11.4 Å². The maximum Gasteiger partial charge on any atom is 0.143 e. The summed E-state index contributed by atoms with van der Waals surface area (Å²) in [6.07, 6.45) is 1.42. The quantitative estimate of drug-likeness (QED) is 0.785. The third-order valence-corrected chi connectivity index (χ3v) is 3.49. The van der Waals surface area contributed by atoms with E-state index >= 15 is 0 Å². The lowest BCUT2D eigenvalue weighted by molar-refractivity contribution is 0.310. The number of benzene rings is 2. The fourth-order valence-corrected chi connectivity index (χ4v) is 2.54. The lowest BCUT2D eigenvalue weighted by atomic mass is 10.1. The van der Waals surface area contributed by atoms with E-state index in [-0.39, 0.29) is 0 Å². The molecule has 1 aliphatic heterocycles. The van der Waals surface area contributed by atoms with Crippen LogP contribution < -0.4 is 9.64 Å². The second-order valence-electron chi connectivity index (χ2n) is 4.80. The molecule has 0 aliphatic carbocycles. The van der Waals surface area contributed by atoms with Gasteiger partial charge in [-0.3, -0.25) is 0 Å². The highest BCUT2D eigenvalue weighted by molar-refractivity contribution is 5.72. The second kappa shape index (κ2) is 5.66. The Labute approximate surface area is 119 Å². The van der Waals surface area contributed by atoms with Gasteiger partial charge in [-0.25, -0.2) is 0 Å². The van der Waals surface area contributed by atoms with Crippen molar-refractivity contribution in [1.29, 1.82) is 5.26 Å². The first kappa shape index (κ1) is 12.6. The third kappa shape index (κ3) is 2.33. The van der Waals surface area contributed by atoms with Gasteiger partial charge >= 0.3 is 0 Å². The third-order valence-electron chi connectivity index (χ3n) is 3.49. The monoisotopic (exact) mass is 264 g/mol. The second-order valence-corrected chi connectivity index (χ2v) is 4.80. The Morgan fingerprint density at radius 1 is 1.05 bits per heavy atom. The van der Waals surface area contributed by atoms with Crippen LogP contribution in [0.2, 0.25) is 0 Å². The largest absolute Gasteiger partial charge is 0.487 e. The molecular weight excluding hydrogens is 248 g/mol. The van der Waals surface area contributed by atoms with Crippen molar-refractivity contribution in [2.75, 3.05) is 11.4 Å². The first-order valence-corrected chi connectivity index (χ1v) is 6.84. The molecule has 0 aromatic heterocycles. The zero-order valence-corrected chi connectivity index (χ0v) is 11.2. The molecule has 0 saturated heterocycles. The summed E-state index contributed by atoms with van der Waals surface area (Å²) in [7, 11) is 0. The van der Waals surface area contributed by atoms with Crippen LogP contribution in [0.1, 0.15) is 18.4 Å². The minimum Gasteiger partial charge on any atom is -0.487 e. The summed E-state index contributed by atoms with van der Waals surface area (Å²) in [4.78, 5) is 2.26. The summed E-state index contributed by atoms with van der Waals surface area (Å²) in [6, 6.07) is 18.6. The fourth-order valence-electron chi connectivity index (χ4n) is 2.54. The van der Waals surface area contributed by atoms with Crippen molar-refractivity contribution in [2.24, 2.45) is 0 Å². The van der Waals surface area contributed by atoms with Crippen LogP contribution in [-0.4, -0.2) is 6.54 Å². The van der Waals surface area contributed by atoms with Crippen molar-refractivity contribution < 1.29 is 4.74 Å². The predicted octanol–water partition coefficient (Wildman–Crippen LogP) is 4.02. The number of fused-ring (bicyclic) bond motifs is 2. The average Bonchev–Trinajstić information content (AvgIpc) is 2.66. The van der Waals surface area contributed by atoms with Gasteiger partial charge in [-0.2, -0.15) is 5.26 Å². The van der Waals surface area contributed by atoms with E-state index in [2.05, 4.69) is 29.2 Å². The van der Waals surface area contributed by atoms with Gasteiger partial charge in [-0.05, 0) is 24.6 Å². The number of unbranched alkanes of at least 4 members (excludes halogenated alkanes) is 1. The molecule has 0 radical (unpaired) electrons. The predicted molar refractivity (Wildman–Crippen MR) is 79.1 cm³/mol. The Bertz CT molecular complexity index is 598. The molecule has 3 heteroatoms. The Kier molecular flexibility index (Phi) is 3.56. The molecule has 2 aromatic carbocycles. The highest BCUT2D eigenvalue weighted by Crippen LogP contribution is 2.39. The highest BCUT2D eigenvalue weighted by atomic mass is 16.5. The summed E-state index contributed by atoms with van der Waals surface area (Å²) < 4.78 is 5.90. The maximum atomic E-state index is 8.75. The minimum absolute atomic E-state index is 0.571. The van der Waals surface area contributed by atoms with Gasteiger partial charge in [0.25, 0.3) is 0 Å². The Balaban J connectivity index is 2.02. The van der Waals surface area contributed by atoms with Crippen molar-refractivity contribution in [3.8, 4) is 11.8 Å². The van der Waals surface area contributed by atoms with Gasteiger partial charge in [0.2, 0.25) is 0 Å². The number of hydrogen-bond acceptors (Lipinski definition) is 3. The SMILES string of the molecule is N#CCCCN1c2ccccc2COc2ccccc21. The summed E-state index contributed by atoms with van der Waals surface area (Å²) in [6.45, 7) is 1.41. The zero-order valence-electron chi connectivity index (χ0n) is 11.2. The smallest absolute Gasteiger partial charge is 0.143 e. The molecule has 0 atom stereocenters. The molecule has 0 unspecified atom stereocenters. The van der Waals surface area contributed by atoms with Crippen molar-refractivity contribution in [3.05, 3.63) is 54.1 Å². The Hall–Kier alpha value is -2.47. The van der Waals surface area contributed by atoms with E-state index in [0.29, 0.717) is 13.0 Å². The normalized spacial score (nSPS) is 12.7. The van der Waals surface area contributed by atoms with Gasteiger partial charge in [0.15, 0.2) is 0 Å². The number of para-hydroxylation sites is 3. The standard InChI is InChI=1S/C17H16N2O/c18-11-5-6-12-19-15-8-2-1-7-14(15)13-20-17-10-4-3-9-16(17)19/h1-4,7-10H,5-6,12-13H2. The van der Waals surface area contributed by atoms with Crippen LogP contribution in [0, 0.1) is 11.3 Å². The summed E-state index contributed by atoms with van der Waals surface area (Å²) in [5, 5.41) is 8.75. The molecule has 0 N–H and O–H groups in total. The molecule has 0 bridgehead atoms. The molecule has 1 heterocycles. The molecule has 3 nitrogen and oxygen atoms in total. The molecule has 2 aromatic rings. The van der Waals surface area contributed by atoms with Gasteiger partial charge in [0.05, 0.1) is 11.8 Å². The molecule has 0 spiro atoms. The summed E-state index contributed by atoms with van der Waals surface area (Å²) in [5.41, 5.74) is 3.44. The van der Waals surface area contributed by atoms with Crippen molar-refractivity contribution >= 4 is 11.4 Å². The average molecular weight is 264 g/mol. The molecule has 0 saturated carbocycles. The maximum absolute atomic E-state index is 8.75. The molecule has 3 rings (SSSR count). The first-order chi connectivity index (χ1) is 9.90.